The van der Waals surface area contributed by atoms with Crippen LogP contribution in [0.3, 0.4) is 0 Å². The molecule has 17 heavy (non-hydrogen) atoms. The second-order valence-corrected chi connectivity index (χ2v) is 3.60. The van der Waals surface area contributed by atoms with E-state index in [-0.39, 0.29) is 5.91 Å². The van der Waals surface area contributed by atoms with Crippen LogP contribution in [0.2, 0.25) is 0 Å². The molecule has 90 valence electrons. The summed E-state index contributed by atoms with van der Waals surface area (Å²) in [4.78, 5) is 11.8. The van der Waals surface area contributed by atoms with Gasteiger partial charge < -0.3 is 11.1 Å². The van der Waals surface area contributed by atoms with Gasteiger partial charge in [-0.25, -0.2) is 0 Å². The van der Waals surface area contributed by atoms with Gasteiger partial charge in [0, 0.05) is 32.1 Å². The van der Waals surface area contributed by atoms with Crippen LogP contribution < -0.4 is 11.1 Å². The number of rotatable bonds is 4. The third-order valence-electron chi connectivity index (χ3n) is 2.32. The molecule has 0 aromatic carbocycles. The zero-order valence-corrected chi connectivity index (χ0v) is 9.50. The number of carbonyl (C=O) groups is 1. The average molecular weight is 234 g/mol. The van der Waals surface area contributed by atoms with E-state index in [1.165, 1.54) is 4.68 Å². The summed E-state index contributed by atoms with van der Waals surface area (Å²) >= 11 is 0. The number of nitrogen functional groups attached to an aromatic ring is 1. The first-order valence-corrected chi connectivity index (χ1v) is 5.22. The van der Waals surface area contributed by atoms with Crippen LogP contribution in [-0.2, 0) is 13.6 Å². The van der Waals surface area contributed by atoms with Gasteiger partial charge in [-0.05, 0) is 6.07 Å². The van der Waals surface area contributed by atoms with Crippen molar-refractivity contribution in [3.8, 4) is 0 Å². The van der Waals surface area contributed by atoms with Crippen molar-refractivity contribution in [2.24, 2.45) is 7.05 Å². The molecule has 0 aliphatic carbocycles. The van der Waals surface area contributed by atoms with Crippen molar-refractivity contribution in [3.63, 3.8) is 0 Å². The molecule has 1 amide bonds. The summed E-state index contributed by atoms with van der Waals surface area (Å²) in [5.41, 5.74) is 5.94. The lowest BCUT2D eigenvalue weighted by atomic mass is 10.4. The van der Waals surface area contributed by atoms with Gasteiger partial charge in [-0.1, -0.05) is 0 Å². The highest BCUT2D eigenvalue weighted by Gasteiger charge is 2.11. The van der Waals surface area contributed by atoms with Crippen LogP contribution in [0.5, 0.6) is 0 Å². The highest BCUT2D eigenvalue weighted by Crippen LogP contribution is 2.03. The third kappa shape index (κ3) is 2.63. The molecular formula is C10H14N6O. The molecule has 0 unspecified atom stereocenters. The Morgan fingerprint density at radius 2 is 2.41 bits per heavy atom. The first-order chi connectivity index (χ1) is 8.16. The van der Waals surface area contributed by atoms with Gasteiger partial charge in [0.25, 0.3) is 5.91 Å². The summed E-state index contributed by atoms with van der Waals surface area (Å²) in [6, 6.07) is 3.38. The van der Waals surface area contributed by atoms with Crippen molar-refractivity contribution in [1.29, 1.82) is 0 Å². The lowest BCUT2D eigenvalue weighted by Gasteiger charge is -2.05. The SMILES string of the molecule is Cn1nc(N)cc1C(=O)NCCn1cccn1. The summed E-state index contributed by atoms with van der Waals surface area (Å²) in [6.07, 6.45) is 3.54. The number of amides is 1. The smallest absolute Gasteiger partial charge is 0.269 e. The quantitative estimate of drug-likeness (QED) is 0.755. The Morgan fingerprint density at radius 3 is 3.00 bits per heavy atom. The summed E-state index contributed by atoms with van der Waals surface area (Å²) < 4.78 is 3.20. The molecular weight excluding hydrogens is 220 g/mol. The molecule has 0 saturated carbocycles. The standard InChI is InChI=1S/C10H14N6O/c1-15-8(7-9(11)14-15)10(17)12-4-6-16-5-2-3-13-16/h2-3,5,7H,4,6H2,1H3,(H2,11,14)(H,12,17). The number of hydrogen-bond acceptors (Lipinski definition) is 4. The van der Waals surface area contributed by atoms with Crippen LogP contribution in [0, 0.1) is 0 Å². The van der Waals surface area contributed by atoms with E-state index in [9.17, 15) is 4.79 Å². The average Bonchev–Trinajstić information content (AvgIpc) is 2.88. The van der Waals surface area contributed by atoms with Gasteiger partial charge in [0.1, 0.15) is 11.5 Å². The number of aromatic nitrogens is 4. The van der Waals surface area contributed by atoms with Gasteiger partial charge in [0.15, 0.2) is 0 Å². The zero-order valence-electron chi connectivity index (χ0n) is 9.50. The lowest BCUT2D eigenvalue weighted by Crippen LogP contribution is -2.28. The predicted molar refractivity (Wildman–Crippen MR) is 62.2 cm³/mol. The van der Waals surface area contributed by atoms with E-state index in [4.69, 9.17) is 5.73 Å². The monoisotopic (exact) mass is 234 g/mol. The van der Waals surface area contributed by atoms with E-state index in [1.807, 2.05) is 12.3 Å². The van der Waals surface area contributed by atoms with Crippen molar-refractivity contribution in [2.45, 2.75) is 6.54 Å². The highest BCUT2D eigenvalue weighted by molar-refractivity contribution is 5.93. The number of nitrogens with zero attached hydrogens (tertiary/aromatic N) is 4. The lowest BCUT2D eigenvalue weighted by molar-refractivity contribution is 0.0942. The maximum atomic E-state index is 11.8. The molecule has 0 atom stereocenters. The van der Waals surface area contributed by atoms with Crippen molar-refractivity contribution in [1.82, 2.24) is 24.9 Å². The van der Waals surface area contributed by atoms with Gasteiger partial charge in [0.05, 0.1) is 6.54 Å². The molecule has 2 aromatic heterocycles. The summed E-state index contributed by atoms with van der Waals surface area (Å²) in [7, 11) is 1.68. The number of aryl methyl sites for hydroxylation is 1. The number of nitrogens with one attached hydrogen (secondary N) is 1. The van der Waals surface area contributed by atoms with E-state index in [2.05, 4.69) is 15.5 Å². The molecule has 2 heterocycles. The second-order valence-electron chi connectivity index (χ2n) is 3.60. The number of hydrogen-bond donors (Lipinski definition) is 2. The summed E-state index contributed by atoms with van der Waals surface area (Å²) in [5.74, 6) is 0.147. The molecule has 0 bridgehead atoms. The van der Waals surface area contributed by atoms with E-state index in [1.54, 1.807) is 24.0 Å². The molecule has 0 saturated heterocycles. The van der Waals surface area contributed by atoms with E-state index in [0.29, 0.717) is 24.6 Å². The van der Waals surface area contributed by atoms with Gasteiger partial charge in [-0.3, -0.25) is 14.2 Å². The molecule has 0 radical (unpaired) electrons. The maximum Gasteiger partial charge on any atom is 0.269 e. The molecule has 7 heteroatoms. The van der Waals surface area contributed by atoms with E-state index < -0.39 is 0 Å². The Labute approximate surface area is 98.2 Å². The van der Waals surface area contributed by atoms with Crippen molar-refractivity contribution in [2.75, 3.05) is 12.3 Å². The third-order valence-corrected chi connectivity index (χ3v) is 2.32. The van der Waals surface area contributed by atoms with Gasteiger partial charge in [-0.2, -0.15) is 10.2 Å². The van der Waals surface area contributed by atoms with E-state index in [0.717, 1.165) is 0 Å². The fourth-order valence-corrected chi connectivity index (χ4v) is 1.51. The van der Waals surface area contributed by atoms with Gasteiger partial charge in [0.2, 0.25) is 0 Å². The number of nitrogens with two attached hydrogens (primary N) is 1. The minimum Gasteiger partial charge on any atom is -0.382 e. The first-order valence-electron chi connectivity index (χ1n) is 5.22. The van der Waals surface area contributed by atoms with Crippen LogP contribution in [0.15, 0.2) is 24.5 Å². The normalized spacial score (nSPS) is 10.4. The van der Waals surface area contributed by atoms with Crippen molar-refractivity contribution >= 4 is 11.7 Å². The Bertz CT molecular complexity index is 501. The summed E-state index contributed by atoms with van der Waals surface area (Å²) in [6.45, 7) is 1.14. The minimum absolute atomic E-state index is 0.191. The Morgan fingerprint density at radius 1 is 1.59 bits per heavy atom. The summed E-state index contributed by atoms with van der Waals surface area (Å²) in [5, 5.41) is 10.7. The highest BCUT2D eigenvalue weighted by atomic mass is 16.2. The molecule has 2 aromatic rings. The number of anilines is 1. The van der Waals surface area contributed by atoms with Crippen LogP contribution in [0.4, 0.5) is 5.82 Å². The predicted octanol–water partition coefficient (Wildman–Crippen LogP) is -0.371. The van der Waals surface area contributed by atoms with Gasteiger partial charge in [-0.15, -0.1) is 0 Å². The molecule has 7 nitrogen and oxygen atoms in total. The second kappa shape index (κ2) is 4.69. The molecule has 0 aliphatic rings. The maximum absolute atomic E-state index is 11.8. The minimum atomic E-state index is -0.191. The number of carbonyl (C=O) groups excluding carboxylic acids is 1. The largest absolute Gasteiger partial charge is 0.382 e. The van der Waals surface area contributed by atoms with Crippen LogP contribution in [0.25, 0.3) is 0 Å². The van der Waals surface area contributed by atoms with Crippen LogP contribution >= 0.6 is 0 Å². The molecule has 0 spiro atoms. The molecule has 2 rings (SSSR count). The topological polar surface area (TPSA) is 90.8 Å². The molecule has 3 N–H and O–H groups in total. The Kier molecular flexibility index (Phi) is 3.08. The van der Waals surface area contributed by atoms with E-state index >= 15 is 0 Å². The van der Waals surface area contributed by atoms with Crippen molar-refractivity contribution < 1.29 is 4.79 Å². The van der Waals surface area contributed by atoms with Crippen LogP contribution in [-0.4, -0.2) is 32.0 Å². The molecule has 0 fully saturated rings. The van der Waals surface area contributed by atoms with Crippen LogP contribution in [0.1, 0.15) is 10.5 Å². The zero-order chi connectivity index (χ0) is 12.3. The van der Waals surface area contributed by atoms with Crippen molar-refractivity contribution in [3.05, 3.63) is 30.2 Å². The Hall–Kier alpha value is -2.31. The molecule has 0 aliphatic heterocycles. The van der Waals surface area contributed by atoms with Gasteiger partial charge >= 0.3 is 0 Å². The fourth-order valence-electron chi connectivity index (χ4n) is 1.51. The Balaban J connectivity index is 1.87. The first kappa shape index (κ1) is 11.2. The fraction of sp³-hybridized carbons (Fsp3) is 0.300.